The molecule has 0 heterocycles. The van der Waals surface area contributed by atoms with Crippen LogP contribution in [0.2, 0.25) is 0 Å². The van der Waals surface area contributed by atoms with Gasteiger partial charge in [-0.15, -0.1) is 0 Å². The lowest BCUT2D eigenvalue weighted by Crippen LogP contribution is -2.34. The third-order valence-electron chi connectivity index (χ3n) is 7.06. The minimum absolute atomic E-state index is 0.167. The van der Waals surface area contributed by atoms with E-state index in [1.807, 2.05) is 12.1 Å². The van der Waals surface area contributed by atoms with Gasteiger partial charge in [0.2, 0.25) is 0 Å². The SMILES string of the molecule is CCCCCCCN(c1ccc(C(=O)O)cc1)c1ccc2c(c1)C(C)(C)CCC2(C)C. The van der Waals surface area contributed by atoms with Crippen molar-refractivity contribution in [1.82, 2.24) is 0 Å². The Bertz CT molecular complexity index is 896. The molecule has 0 spiro atoms. The second kappa shape index (κ2) is 9.46. The zero-order valence-electron chi connectivity index (χ0n) is 20.0. The van der Waals surface area contributed by atoms with E-state index in [2.05, 4.69) is 57.7 Å². The van der Waals surface area contributed by atoms with Crippen LogP contribution in [-0.4, -0.2) is 17.6 Å². The van der Waals surface area contributed by atoms with Gasteiger partial charge in [-0.3, -0.25) is 0 Å². The van der Waals surface area contributed by atoms with Crippen molar-refractivity contribution in [2.24, 2.45) is 0 Å². The number of aromatic carboxylic acids is 1. The lowest BCUT2D eigenvalue weighted by Gasteiger charge is -2.42. The first-order valence-corrected chi connectivity index (χ1v) is 11.9. The molecule has 1 aliphatic rings. The highest BCUT2D eigenvalue weighted by Gasteiger charge is 2.37. The van der Waals surface area contributed by atoms with E-state index in [-0.39, 0.29) is 10.8 Å². The Morgan fingerprint density at radius 3 is 2.03 bits per heavy atom. The maximum atomic E-state index is 11.3. The summed E-state index contributed by atoms with van der Waals surface area (Å²) >= 11 is 0. The second-order valence-electron chi connectivity index (χ2n) is 10.4. The van der Waals surface area contributed by atoms with Crippen LogP contribution in [0.15, 0.2) is 42.5 Å². The summed E-state index contributed by atoms with van der Waals surface area (Å²) in [6.07, 6.45) is 8.57. The predicted octanol–water partition coefficient (Wildman–Crippen LogP) is 7.84. The number of fused-ring (bicyclic) bond motifs is 1. The van der Waals surface area contributed by atoms with E-state index < -0.39 is 5.97 Å². The molecule has 0 radical (unpaired) electrons. The van der Waals surface area contributed by atoms with Crippen molar-refractivity contribution in [3.8, 4) is 0 Å². The highest BCUT2D eigenvalue weighted by molar-refractivity contribution is 5.88. The standard InChI is InChI=1S/C28H39NO2/c1-6-7-8-9-10-19-29(22-13-11-21(12-14-22)26(30)31)23-15-16-24-25(20-23)28(4,5)18-17-27(24,2)3/h11-16,20H,6-10,17-19H2,1-5H3,(H,30,31). The average Bonchev–Trinajstić information content (AvgIpc) is 2.74. The highest BCUT2D eigenvalue weighted by Crippen LogP contribution is 2.47. The fourth-order valence-corrected chi connectivity index (χ4v) is 4.81. The van der Waals surface area contributed by atoms with E-state index in [0.29, 0.717) is 5.56 Å². The molecule has 0 bridgehead atoms. The van der Waals surface area contributed by atoms with Crippen molar-refractivity contribution in [2.75, 3.05) is 11.4 Å². The molecule has 3 rings (SSSR count). The number of hydrogen-bond acceptors (Lipinski definition) is 2. The number of rotatable bonds is 9. The summed E-state index contributed by atoms with van der Waals surface area (Å²) < 4.78 is 0. The molecule has 3 nitrogen and oxygen atoms in total. The summed E-state index contributed by atoms with van der Waals surface area (Å²) in [6, 6.07) is 14.3. The van der Waals surface area contributed by atoms with Crippen LogP contribution in [0.25, 0.3) is 0 Å². The van der Waals surface area contributed by atoms with Crippen molar-refractivity contribution in [3.63, 3.8) is 0 Å². The molecule has 1 aliphatic carbocycles. The zero-order valence-corrected chi connectivity index (χ0v) is 20.0. The smallest absolute Gasteiger partial charge is 0.335 e. The lowest BCUT2D eigenvalue weighted by molar-refractivity contribution is 0.0697. The van der Waals surface area contributed by atoms with E-state index in [9.17, 15) is 9.90 Å². The van der Waals surface area contributed by atoms with Gasteiger partial charge in [-0.2, -0.15) is 0 Å². The van der Waals surface area contributed by atoms with E-state index in [0.717, 1.165) is 18.7 Å². The molecule has 0 fully saturated rings. The van der Waals surface area contributed by atoms with Crippen LogP contribution in [0.1, 0.15) is 101 Å². The number of benzene rings is 2. The molecule has 0 aliphatic heterocycles. The molecule has 0 aromatic heterocycles. The van der Waals surface area contributed by atoms with Crippen molar-refractivity contribution >= 4 is 17.3 Å². The van der Waals surface area contributed by atoms with Crippen LogP contribution in [0, 0.1) is 0 Å². The Morgan fingerprint density at radius 2 is 1.42 bits per heavy atom. The average molecular weight is 422 g/mol. The molecule has 2 aromatic rings. The zero-order chi connectivity index (χ0) is 22.6. The van der Waals surface area contributed by atoms with Crippen molar-refractivity contribution in [1.29, 1.82) is 0 Å². The molecule has 1 N–H and O–H groups in total. The first kappa shape index (κ1) is 23.4. The van der Waals surface area contributed by atoms with E-state index in [1.54, 1.807) is 12.1 Å². The fourth-order valence-electron chi connectivity index (χ4n) is 4.81. The van der Waals surface area contributed by atoms with Gasteiger partial charge in [0.25, 0.3) is 0 Å². The van der Waals surface area contributed by atoms with Gasteiger partial charge < -0.3 is 10.0 Å². The Morgan fingerprint density at radius 1 is 0.839 bits per heavy atom. The number of hydrogen-bond donors (Lipinski definition) is 1. The summed E-state index contributed by atoms with van der Waals surface area (Å²) in [6.45, 7) is 12.6. The monoisotopic (exact) mass is 421 g/mol. The minimum atomic E-state index is -0.879. The van der Waals surface area contributed by atoms with Gasteiger partial charge in [0.05, 0.1) is 5.56 Å². The molecule has 0 saturated carbocycles. The van der Waals surface area contributed by atoms with Crippen LogP contribution >= 0.6 is 0 Å². The van der Waals surface area contributed by atoms with Crippen LogP contribution in [0.5, 0.6) is 0 Å². The molecule has 3 heteroatoms. The number of nitrogens with zero attached hydrogens (tertiary/aromatic N) is 1. The summed E-state index contributed by atoms with van der Waals surface area (Å²) in [5.41, 5.74) is 5.91. The fraction of sp³-hybridized carbons (Fsp3) is 0.536. The van der Waals surface area contributed by atoms with Crippen LogP contribution < -0.4 is 4.90 Å². The summed E-state index contributed by atoms with van der Waals surface area (Å²) in [4.78, 5) is 13.7. The van der Waals surface area contributed by atoms with Gasteiger partial charge in [0, 0.05) is 17.9 Å². The highest BCUT2D eigenvalue weighted by atomic mass is 16.4. The van der Waals surface area contributed by atoms with Crippen molar-refractivity contribution < 1.29 is 9.90 Å². The summed E-state index contributed by atoms with van der Waals surface area (Å²) in [5.74, 6) is -0.879. The quantitative estimate of drug-likeness (QED) is 0.419. The largest absolute Gasteiger partial charge is 0.478 e. The number of carbonyl (C=O) groups is 1. The maximum Gasteiger partial charge on any atom is 0.335 e. The van der Waals surface area contributed by atoms with E-state index in [4.69, 9.17) is 0 Å². The van der Waals surface area contributed by atoms with Crippen molar-refractivity contribution in [2.45, 2.75) is 90.4 Å². The van der Waals surface area contributed by atoms with Gasteiger partial charge in [-0.1, -0.05) is 66.4 Å². The van der Waals surface area contributed by atoms with E-state index in [1.165, 1.54) is 55.3 Å². The number of carboxylic acids is 1. The van der Waals surface area contributed by atoms with Gasteiger partial charge in [-0.05, 0) is 77.6 Å². The minimum Gasteiger partial charge on any atom is -0.478 e. The molecule has 0 saturated heterocycles. The van der Waals surface area contributed by atoms with Gasteiger partial charge in [0.15, 0.2) is 0 Å². The number of anilines is 2. The van der Waals surface area contributed by atoms with Gasteiger partial charge in [0.1, 0.15) is 0 Å². The van der Waals surface area contributed by atoms with Crippen LogP contribution in [0.3, 0.4) is 0 Å². The molecule has 0 amide bonds. The normalized spacial score (nSPS) is 16.5. The molecular weight excluding hydrogens is 382 g/mol. The third-order valence-corrected chi connectivity index (χ3v) is 7.06. The maximum absolute atomic E-state index is 11.3. The molecule has 0 unspecified atom stereocenters. The third kappa shape index (κ3) is 5.31. The molecule has 2 aromatic carbocycles. The molecule has 31 heavy (non-hydrogen) atoms. The molecule has 0 atom stereocenters. The Kier molecular flexibility index (Phi) is 7.13. The first-order valence-electron chi connectivity index (χ1n) is 11.9. The summed E-state index contributed by atoms with van der Waals surface area (Å²) in [5, 5.41) is 9.28. The number of carboxylic acid groups (broad SMARTS) is 1. The second-order valence-corrected chi connectivity index (χ2v) is 10.4. The summed E-state index contributed by atoms with van der Waals surface area (Å²) in [7, 11) is 0. The van der Waals surface area contributed by atoms with Gasteiger partial charge >= 0.3 is 5.97 Å². The molecular formula is C28H39NO2. The van der Waals surface area contributed by atoms with Gasteiger partial charge in [-0.25, -0.2) is 4.79 Å². The predicted molar refractivity (Wildman–Crippen MR) is 131 cm³/mol. The van der Waals surface area contributed by atoms with E-state index >= 15 is 0 Å². The Balaban J connectivity index is 1.96. The first-order chi connectivity index (χ1) is 14.7. The van der Waals surface area contributed by atoms with Crippen LogP contribution in [-0.2, 0) is 10.8 Å². The van der Waals surface area contributed by atoms with Crippen LogP contribution in [0.4, 0.5) is 11.4 Å². The topological polar surface area (TPSA) is 40.5 Å². The number of unbranched alkanes of at least 4 members (excludes halogenated alkanes) is 4. The van der Waals surface area contributed by atoms with Crippen molar-refractivity contribution in [3.05, 3.63) is 59.2 Å². The Hall–Kier alpha value is -2.29. The molecule has 168 valence electrons. The Labute approximate surface area is 188 Å². The lowest BCUT2D eigenvalue weighted by atomic mass is 9.63.